The highest BCUT2D eigenvalue weighted by Crippen LogP contribution is 2.40. The zero-order chi connectivity index (χ0) is 29.1. The number of halogens is 1. The molecule has 12 heteroatoms. The highest BCUT2D eigenvalue weighted by molar-refractivity contribution is 5.61. The van der Waals surface area contributed by atoms with Gasteiger partial charge in [0.2, 0.25) is 0 Å². The molecule has 0 aromatic carbocycles. The number of fused-ring (bicyclic) bond motifs is 2. The molecule has 3 aliphatic heterocycles. The van der Waals surface area contributed by atoms with Gasteiger partial charge in [0.1, 0.15) is 17.3 Å². The Balaban J connectivity index is 0.900. The molecule has 8 heterocycles. The predicted molar refractivity (Wildman–Crippen MR) is 160 cm³/mol. The molecule has 218 valence electrons. The van der Waals surface area contributed by atoms with E-state index in [0.717, 1.165) is 60.8 Å². The van der Waals surface area contributed by atoms with E-state index >= 15 is 0 Å². The van der Waals surface area contributed by atoms with Crippen molar-refractivity contribution in [2.24, 2.45) is 0 Å². The quantitative estimate of drug-likeness (QED) is 0.271. The summed E-state index contributed by atoms with van der Waals surface area (Å²) < 4.78 is 15.8. The molecule has 9 rings (SSSR count). The van der Waals surface area contributed by atoms with E-state index in [0.29, 0.717) is 41.1 Å². The minimum atomic E-state index is -0.235. The Morgan fingerprint density at radius 2 is 1.77 bits per heavy atom. The van der Waals surface area contributed by atoms with E-state index in [1.807, 2.05) is 50.5 Å². The van der Waals surface area contributed by atoms with Crippen LogP contribution in [0.4, 0.5) is 21.8 Å². The average molecular weight is 578 g/mol. The first-order chi connectivity index (χ1) is 20.9. The minimum Gasteiger partial charge on any atom is -0.353 e. The molecule has 2 N–H and O–H groups in total. The fourth-order valence-corrected chi connectivity index (χ4v) is 6.19. The number of nitrogens with one attached hydrogen (secondary N) is 2. The second kappa shape index (κ2) is 10.2. The van der Waals surface area contributed by atoms with Gasteiger partial charge in [0.15, 0.2) is 23.3 Å². The van der Waals surface area contributed by atoms with Crippen LogP contribution in [-0.2, 0) is 6.54 Å². The van der Waals surface area contributed by atoms with Crippen molar-refractivity contribution in [3.05, 3.63) is 83.5 Å². The van der Waals surface area contributed by atoms with E-state index in [1.54, 1.807) is 4.68 Å². The van der Waals surface area contributed by atoms with Gasteiger partial charge in [-0.3, -0.25) is 10.00 Å². The predicted octanol–water partition coefficient (Wildman–Crippen LogP) is 4.68. The monoisotopic (exact) mass is 577 g/mol. The summed E-state index contributed by atoms with van der Waals surface area (Å²) >= 11 is 0. The number of piperidine rings is 1. The molecule has 2 bridgehead atoms. The largest absolute Gasteiger partial charge is 0.353 e. The maximum atomic E-state index is 14.2. The fraction of sp³-hybridized carbons (Fsp3) is 0.355. The third kappa shape index (κ3) is 5.11. The summed E-state index contributed by atoms with van der Waals surface area (Å²) in [4.78, 5) is 23.6. The summed E-state index contributed by atoms with van der Waals surface area (Å²) in [5, 5.41) is 14.8. The van der Waals surface area contributed by atoms with E-state index in [-0.39, 0.29) is 11.7 Å². The molecule has 3 saturated heterocycles. The van der Waals surface area contributed by atoms with E-state index in [1.165, 1.54) is 12.6 Å². The van der Waals surface area contributed by atoms with Crippen LogP contribution in [0.25, 0.3) is 17.2 Å². The van der Waals surface area contributed by atoms with Crippen molar-refractivity contribution < 1.29 is 4.39 Å². The van der Waals surface area contributed by atoms with Gasteiger partial charge in [-0.05, 0) is 56.9 Å². The fourth-order valence-electron chi connectivity index (χ4n) is 6.19. The van der Waals surface area contributed by atoms with Crippen molar-refractivity contribution in [1.29, 1.82) is 0 Å². The van der Waals surface area contributed by atoms with Crippen LogP contribution in [0.1, 0.15) is 47.8 Å². The van der Waals surface area contributed by atoms with Crippen molar-refractivity contribution in [2.45, 2.75) is 57.7 Å². The lowest BCUT2D eigenvalue weighted by Gasteiger charge is -2.56. The van der Waals surface area contributed by atoms with Crippen LogP contribution in [0.3, 0.4) is 0 Å². The van der Waals surface area contributed by atoms with Gasteiger partial charge < -0.3 is 10.2 Å². The van der Waals surface area contributed by atoms with Crippen molar-refractivity contribution in [2.75, 3.05) is 23.3 Å². The summed E-state index contributed by atoms with van der Waals surface area (Å²) in [6, 6.07) is 12.9. The maximum absolute atomic E-state index is 14.2. The first-order valence-electron chi connectivity index (χ1n) is 14.8. The number of aryl methyl sites for hydroxylation is 2. The normalized spacial score (nSPS) is 19.8. The van der Waals surface area contributed by atoms with Crippen LogP contribution in [0.15, 0.2) is 55.0 Å². The topological polar surface area (TPSA) is 117 Å². The molecule has 5 aromatic rings. The Kier molecular flexibility index (Phi) is 6.17. The molecule has 43 heavy (non-hydrogen) atoms. The maximum Gasteiger partial charge on any atom is 0.165 e. The molecule has 0 amide bonds. The molecule has 4 aliphatic rings. The van der Waals surface area contributed by atoms with E-state index < -0.39 is 0 Å². The number of H-pyrrole nitrogens is 1. The first-order valence-corrected chi connectivity index (χ1v) is 14.8. The zero-order valence-electron chi connectivity index (χ0n) is 24.1. The van der Waals surface area contributed by atoms with Gasteiger partial charge in [-0.25, -0.2) is 29.0 Å². The summed E-state index contributed by atoms with van der Waals surface area (Å²) in [7, 11) is 0. The summed E-state index contributed by atoms with van der Waals surface area (Å²) in [6.45, 7) is 6.63. The zero-order valence-corrected chi connectivity index (χ0v) is 24.1. The number of piperazine rings is 1. The Bertz CT molecular complexity index is 1760. The van der Waals surface area contributed by atoms with Crippen molar-refractivity contribution in [3.63, 3.8) is 0 Å². The standard InChI is InChI=1S/C31H32FN11/c1-18-9-26(36-27-10-19(2)38-39-27)37-31(35-18)22-6-8-28(34-13-22)41-15-23-11-24(16-41)42(23)14-20-3-7-29(33-12-20)43-17-25(32)30(40-43)21-4-5-21/h3,6-10,12-13,17,21,23-24H,4-5,11,14-16H2,1-2H3,(H2,35,36,37,38,39). The molecular formula is C31H32FN11. The van der Waals surface area contributed by atoms with Crippen LogP contribution in [0.5, 0.6) is 0 Å². The van der Waals surface area contributed by atoms with E-state index in [4.69, 9.17) is 9.97 Å². The number of anilines is 3. The summed E-state index contributed by atoms with van der Waals surface area (Å²) in [5.41, 5.74) is 4.43. The third-order valence-corrected chi connectivity index (χ3v) is 8.56. The number of hydrogen-bond donors (Lipinski definition) is 2. The van der Waals surface area contributed by atoms with Gasteiger partial charge in [0.25, 0.3) is 0 Å². The number of pyridine rings is 2. The van der Waals surface area contributed by atoms with Gasteiger partial charge >= 0.3 is 0 Å². The first kappa shape index (κ1) is 26.0. The number of aromatic nitrogens is 8. The second-order valence-corrected chi connectivity index (χ2v) is 11.9. The Hall–Kier alpha value is -4.71. The van der Waals surface area contributed by atoms with Crippen molar-refractivity contribution in [1.82, 2.24) is 44.8 Å². The smallest absolute Gasteiger partial charge is 0.165 e. The Morgan fingerprint density at radius 3 is 2.47 bits per heavy atom. The van der Waals surface area contributed by atoms with Crippen LogP contribution >= 0.6 is 0 Å². The van der Waals surface area contributed by atoms with Gasteiger partial charge in [-0.1, -0.05) is 6.07 Å². The summed E-state index contributed by atoms with van der Waals surface area (Å²) in [5.74, 6) is 3.69. The lowest BCUT2D eigenvalue weighted by atomic mass is 9.87. The van der Waals surface area contributed by atoms with Gasteiger partial charge in [-0.2, -0.15) is 10.2 Å². The SMILES string of the molecule is Cc1cc(Nc2cc(C)[nH]n2)nc(-c2ccc(N3CC4CC(C3)N4Cc3ccc(-n4cc(F)c(C5CC5)n4)nc3)nc2)n1. The lowest BCUT2D eigenvalue weighted by molar-refractivity contribution is -0.00875. The number of nitrogens with zero attached hydrogens (tertiary/aromatic N) is 9. The van der Waals surface area contributed by atoms with Crippen LogP contribution in [0, 0.1) is 19.7 Å². The molecular weight excluding hydrogens is 545 g/mol. The molecule has 2 atom stereocenters. The molecule has 4 fully saturated rings. The molecule has 0 spiro atoms. The molecule has 5 aromatic heterocycles. The molecule has 0 radical (unpaired) electrons. The van der Waals surface area contributed by atoms with Crippen LogP contribution in [0.2, 0.25) is 0 Å². The van der Waals surface area contributed by atoms with Crippen LogP contribution < -0.4 is 10.2 Å². The van der Waals surface area contributed by atoms with Crippen molar-refractivity contribution >= 4 is 17.5 Å². The number of aromatic amines is 1. The third-order valence-electron chi connectivity index (χ3n) is 8.56. The lowest BCUT2D eigenvalue weighted by Crippen LogP contribution is -2.68. The van der Waals surface area contributed by atoms with Crippen LogP contribution in [-0.4, -0.2) is 70.0 Å². The minimum absolute atomic E-state index is 0.235. The van der Waals surface area contributed by atoms with Crippen molar-refractivity contribution in [3.8, 4) is 17.2 Å². The number of hydrogen-bond acceptors (Lipinski definition) is 9. The highest BCUT2D eigenvalue weighted by Gasteiger charge is 2.44. The van der Waals surface area contributed by atoms with Gasteiger partial charge in [0.05, 0.1) is 6.20 Å². The highest BCUT2D eigenvalue weighted by atomic mass is 19.1. The average Bonchev–Trinajstić information content (AvgIpc) is 3.67. The molecule has 2 unspecified atom stereocenters. The number of rotatable bonds is 8. The molecule has 1 saturated carbocycles. The van der Waals surface area contributed by atoms with E-state index in [9.17, 15) is 4.39 Å². The van der Waals surface area contributed by atoms with E-state index in [2.05, 4.69) is 52.5 Å². The van der Waals surface area contributed by atoms with Gasteiger partial charge in [0, 0.05) is 79.1 Å². The van der Waals surface area contributed by atoms with Gasteiger partial charge in [-0.15, -0.1) is 0 Å². The summed E-state index contributed by atoms with van der Waals surface area (Å²) in [6.07, 6.45) is 8.42. The Morgan fingerprint density at radius 1 is 0.953 bits per heavy atom. The Labute approximate surface area is 248 Å². The molecule has 1 aliphatic carbocycles. The molecule has 11 nitrogen and oxygen atoms in total. The second-order valence-electron chi connectivity index (χ2n) is 11.9.